The third-order valence-electron chi connectivity index (χ3n) is 2.33. The second-order valence-electron chi connectivity index (χ2n) is 3.41. The lowest BCUT2D eigenvalue weighted by molar-refractivity contribution is -0.119. The Morgan fingerprint density at radius 1 is 1.60 bits per heavy atom. The molecule has 0 spiro atoms. The fourth-order valence-electron chi connectivity index (χ4n) is 1.32. The van der Waals surface area contributed by atoms with Crippen molar-refractivity contribution in [1.29, 1.82) is 0 Å². The summed E-state index contributed by atoms with van der Waals surface area (Å²) in [5.74, 6) is -0.597. The minimum absolute atomic E-state index is 0.00867. The molecule has 1 heterocycles. The van der Waals surface area contributed by atoms with Crippen LogP contribution in [-0.2, 0) is 4.79 Å². The van der Waals surface area contributed by atoms with E-state index in [-0.39, 0.29) is 17.0 Å². The summed E-state index contributed by atoms with van der Waals surface area (Å²) >= 11 is 5.58. The lowest BCUT2D eigenvalue weighted by atomic mass is 10.1. The molecule has 0 aromatic heterocycles. The Hall–Kier alpha value is -1.13. The van der Waals surface area contributed by atoms with Crippen LogP contribution in [-0.4, -0.2) is 18.5 Å². The predicted molar refractivity (Wildman–Crippen MR) is 56.4 cm³/mol. The van der Waals surface area contributed by atoms with Gasteiger partial charge in [-0.05, 0) is 31.2 Å². The average molecular weight is 229 g/mol. The van der Waals surface area contributed by atoms with Gasteiger partial charge in [-0.3, -0.25) is 4.79 Å². The minimum Gasteiger partial charge on any atom is -0.325 e. The van der Waals surface area contributed by atoms with Crippen LogP contribution < -0.4 is 10.6 Å². The molecule has 1 saturated heterocycles. The molecule has 5 heteroatoms. The summed E-state index contributed by atoms with van der Waals surface area (Å²) < 4.78 is 12.8. The number of carbonyl (C=O) groups excluding carboxylic acids is 1. The van der Waals surface area contributed by atoms with E-state index in [0.29, 0.717) is 5.69 Å². The zero-order chi connectivity index (χ0) is 10.8. The van der Waals surface area contributed by atoms with E-state index in [9.17, 15) is 9.18 Å². The van der Waals surface area contributed by atoms with Gasteiger partial charge >= 0.3 is 0 Å². The number of carbonyl (C=O) groups is 1. The van der Waals surface area contributed by atoms with Crippen LogP contribution in [0.25, 0.3) is 0 Å². The highest BCUT2D eigenvalue weighted by Crippen LogP contribution is 2.19. The second kappa shape index (κ2) is 4.16. The fraction of sp³-hybridized carbons (Fsp3) is 0.300. The molecule has 1 aliphatic rings. The molecule has 1 atom stereocenters. The fourth-order valence-corrected chi connectivity index (χ4v) is 1.50. The Morgan fingerprint density at radius 3 is 2.87 bits per heavy atom. The molecule has 15 heavy (non-hydrogen) atoms. The Morgan fingerprint density at radius 2 is 2.33 bits per heavy atom. The number of rotatable bonds is 2. The van der Waals surface area contributed by atoms with E-state index >= 15 is 0 Å². The molecule has 1 aromatic rings. The molecule has 1 aliphatic heterocycles. The van der Waals surface area contributed by atoms with Gasteiger partial charge in [0.2, 0.25) is 5.91 Å². The van der Waals surface area contributed by atoms with Gasteiger partial charge in [-0.1, -0.05) is 11.6 Å². The van der Waals surface area contributed by atoms with Gasteiger partial charge in [0.05, 0.1) is 11.1 Å². The average Bonchev–Trinajstić information content (AvgIpc) is 2.08. The number of amides is 1. The lowest BCUT2D eigenvalue weighted by Crippen LogP contribution is -2.50. The van der Waals surface area contributed by atoms with Gasteiger partial charge in [0.25, 0.3) is 0 Å². The van der Waals surface area contributed by atoms with Gasteiger partial charge in [0.1, 0.15) is 5.82 Å². The SMILES string of the molecule is O=C(Nc1ccc(F)c(Cl)c1)[C@H]1CCN1. The predicted octanol–water partition coefficient (Wildman–Crippen LogP) is 1.78. The molecule has 2 N–H and O–H groups in total. The highest BCUT2D eigenvalue weighted by Gasteiger charge is 2.24. The Bertz CT molecular complexity index is 393. The molecule has 0 bridgehead atoms. The summed E-state index contributed by atoms with van der Waals surface area (Å²) in [6.45, 7) is 0.863. The lowest BCUT2D eigenvalue weighted by Gasteiger charge is -2.26. The molecular weight excluding hydrogens is 219 g/mol. The number of halogens is 2. The summed E-state index contributed by atoms with van der Waals surface area (Å²) in [4.78, 5) is 11.5. The Labute approximate surface area is 91.6 Å². The molecule has 80 valence electrons. The maximum Gasteiger partial charge on any atom is 0.241 e. The zero-order valence-corrected chi connectivity index (χ0v) is 8.64. The summed E-state index contributed by atoms with van der Waals surface area (Å²) in [6.07, 6.45) is 0.834. The molecule has 3 nitrogen and oxygen atoms in total. The van der Waals surface area contributed by atoms with Gasteiger partial charge in [0.15, 0.2) is 0 Å². The van der Waals surface area contributed by atoms with Gasteiger partial charge in [-0.2, -0.15) is 0 Å². The van der Waals surface area contributed by atoms with Crippen LogP contribution in [0.5, 0.6) is 0 Å². The van der Waals surface area contributed by atoms with E-state index in [0.717, 1.165) is 13.0 Å². The Balaban J connectivity index is 2.03. The van der Waals surface area contributed by atoms with E-state index in [1.807, 2.05) is 0 Å². The first kappa shape index (κ1) is 10.4. The number of hydrogen-bond donors (Lipinski definition) is 2. The summed E-state index contributed by atoms with van der Waals surface area (Å²) in [5, 5.41) is 5.64. The van der Waals surface area contributed by atoms with Crippen molar-refractivity contribution in [2.24, 2.45) is 0 Å². The van der Waals surface area contributed by atoms with Crippen LogP contribution in [0.3, 0.4) is 0 Å². The number of anilines is 1. The summed E-state index contributed by atoms with van der Waals surface area (Å²) in [5.41, 5.74) is 0.514. The van der Waals surface area contributed by atoms with Crippen molar-refractivity contribution in [3.63, 3.8) is 0 Å². The van der Waals surface area contributed by atoms with Crippen molar-refractivity contribution in [3.05, 3.63) is 29.0 Å². The van der Waals surface area contributed by atoms with Crippen LogP contribution in [0, 0.1) is 5.82 Å². The van der Waals surface area contributed by atoms with Crippen LogP contribution in [0.2, 0.25) is 5.02 Å². The van der Waals surface area contributed by atoms with Gasteiger partial charge in [-0.15, -0.1) is 0 Å². The molecule has 1 fully saturated rings. The first-order valence-corrected chi connectivity index (χ1v) is 5.04. The number of hydrogen-bond acceptors (Lipinski definition) is 2. The molecule has 0 saturated carbocycles. The molecule has 0 radical (unpaired) electrons. The van der Waals surface area contributed by atoms with Gasteiger partial charge in [0, 0.05) is 5.69 Å². The topological polar surface area (TPSA) is 41.1 Å². The van der Waals surface area contributed by atoms with E-state index in [4.69, 9.17) is 11.6 Å². The highest BCUT2D eigenvalue weighted by atomic mass is 35.5. The molecule has 1 aromatic carbocycles. The van der Waals surface area contributed by atoms with E-state index in [1.54, 1.807) is 0 Å². The quantitative estimate of drug-likeness (QED) is 0.810. The summed E-state index contributed by atoms with van der Waals surface area (Å²) in [7, 11) is 0. The van der Waals surface area contributed by atoms with Crippen molar-refractivity contribution in [2.75, 3.05) is 11.9 Å². The number of benzene rings is 1. The van der Waals surface area contributed by atoms with E-state index < -0.39 is 5.82 Å². The monoisotopic (exact) mass is 228 g/mol. The van der Waals surface area contributed by atoms with E-state index in [2.05, 4.69) is 10.6 Å². The molecule has 0 unspecified atom stereocenters. The summed E-state index contributed by atoms with van der Waals surface area (Å²) in [6, 6.07) is 3.98. The Kier molecular flexibility index (Phi) is 2.88. The van der Waals surface area contributed by atoms with Crippen molar-refractivity contribution >= 4 is 23.2 Å². The van der Waals surface area contributed by atoms with Crippen LogP contribution in [0.15, 0.2) is 18.2 Å². The van der Waals surface area contributed by atoms with Crippen molar-refractivity contribution in [2.45, 2.75) is 12.5 Å². The van der Waals surface area contributed by atoms with Gasteiger partial charge in [-0.25, -0.2) is 4.39 Å². The molecule has 0 aliphatic carbocycles. The smallest absolute Gasteiger partial charge is 0.241 e. The largest absolute Gasteiger partial charge is 0.325 e. The zero-order valence-electron chi connectivity index (χ0n) is 7.89. The molecule has 1 amide bonds. The van der Waals surface area contributed by atoms with Crippen LogP contribution in [0.1, 0.15) is 6.42 Å². The highest BCUT2D eigenvalue weighted by molar-refractivity contribution is 6.31. The minimum atomic E-state index is -0.489. The van der Waals surface area contributed by atoms with Crippen molar-refractivity contribution < 1.29 is 9.18 Å². The van der Waals surface area contributed by atoms with Crippen LogP contribution >= 0.6 is 11.6 Å². The first-order chi connectivity index (χ1) is 7.16. The maximum absolute atomic E-state index is 12.8. The van der Waals surface area contributed by atoms with Crippen LogP contribution in [0.4, 0.5) is 10.1 Å². The van der Waals surface area contributed by atoms with E-state index in [1.165, 1.54) is 18.2 Å². The first-order valence-electron chi connectivity index (χ1n) is 4.66. The molecular formula is C10H10ClFN2O. The van der Waals surface area contributed by atoms with Gasteiger partial charge < -0.3 is 10.6 Å². The third-order valence-corrected chi connectivity index (χ3v) is 2.62. The number of nitrogens with one attached hydrogen (secondary N) is 2. The standard InChI is InChI=1S/C10H10ClFN2O/c11-7-5-6(1-2-8(7)12)14-10(15)9-3-4-13-9/h1-2,5,9,13H,3-4H2,(H,14,15)/t9-/m1/s1. The normalized spacial score (nSPS) is 19.5. The third kappa shape index (κ3) is 2.27. The second-order valence-corrected chi connectivity index (χ2v) is 3.82. The van der Waals surface area contributed by atoms with Crippen molar-refractivity contribution in [1.82, 2.24) is 5.32 Å². The van der Waals surface area contributed by atoms with Crippen molar-refractivity contribution in [3.8, 4) is 0 Å². The maximum atomic E-state index is 12.8. The molecule has 2 rings (SSSR count).